The van der Waals surface area contributed by atoms with Gasteiger partial charge in [-0.05, 0) is 45.2 Å². The quantitative estimate of drug-likeness (QED) is 0.624. The van der Waals surface area contributed by atoms with E-state index in [4.69, 9.17) is 4.74 Å². The van der Waals surface area contributed by atoms with E-state index in [1.54, 1.807) is 0 Å². The van der Waals surface area contributed by atoms with Crippen molar-refractivity contribution < 1.29 is 14.3 Å². The number of carbonyl (C=O) groups excluding carboxylic acids is 2. The molecular formula is C16H24N2O3. The Hall–Kier alpha value is -1.88. The van der Waals surface area contributed by atoms with Crippen LogP contribution in [0.5, 0.6) is 0 Å². The minimum atomic E-state index is -0.642. The molecule has 21 heavy (non-hydrogen) atoms. The normalized spacial score (nSPS) is 10.5. The van der Waals surface area contributed by atoms with Gasteiger partial charge >= 0.3 is 11.8 Å². The fraction of sp³-hybridized carbons (Fsp3) is 0.500. The first kappa shape index (κ1) is 17.2. The Morgan fingerprint density at radius 3 is 2.33 bits per heavy atom. The molecule has 1 aromatic carbocycles. The highest BCUT2D eigenvalue weighted by Crippen LogP contribution is 2.19. The van der Waals surface area contributed by atoms with Crippen molar-refractivity contribution in [3.8, 4) is 0 Å². The second-order valence-electron chi connectivity index (χ2n) is 5.25. The predicted octanol–water partition coefficient (Wildman–Crippen LogP) is 2.17. The summed E-state index contributed by atoms with van der Waals surface area (Å²) in [6.07, 6.45) is 0.855. The number of anilines is 1. The van der Waals surface area contributed by atoms with Gasteiger partial charge in [-0.3, -0.25) is 9.59 Å². The Morgan fingerprint density at radius 1 is 1.14 bits per heavy atom. The molecule has 0 spiro atoms. The summed E-state index contributed by atoms with van der Waals surface area (Å²) in [5, 5.41) is 5.24. The first-order valence-electron chi connectivity index (χ1n) is 7.18. The van der Waals surface area contributed by atoms with Crippen molar-refractivity contribution in [3.05, 3.63) is 29.3 Å². The summed E-state index contributed by atoms with van der Waals surface area (Å²) in [6, 6.07) is 5.70. The molecule has 0 bridgehead atoms. The Labute approximate surface area is 126 Å². The second-order valence-corrected chi connectivity index (χ2v) is 5.25. The SMILES string of the molecule is Cc1cccc(C)c1NC(=O)C(=O)NCCCOC(C)C. The Morgan fingerprint density at radius 2 is 1.76 bits per heavy atom. The average Bonchev–Trinajstić information content (AvgIpc) is 2.41. The minimum Gasteiger partial charge on any atom is -0.379 e. The fourth-order valence-electron chi connectivity index (χ4n) is 1.86. The van der Waals surface area contributed by atoms with Crippen molar-refractivity contribution >= 4 is 17.5 Å². The van der Waals surface area contributed by atoms with Crippen LogP contribution in [0.4, 0.5) is 5.69 Å². The van der Waals surface area contributed by atoms with Gasteiger partial charge in [0.2, 0.25) is 0 Å². The molecule has 1 rings (SSSR count). The van der Waals surface area contributed by atoms with Gasteiger partial charge in [0.25, 0.3) is 0 Å². The van der Waals surface area contributed by atoms with E-state index < -0.39 is 11.8 Å². The van der Waals surface area contributed by atoms with Crippen LogP contribution in [0.15, 0.2) is 18.2 Å². The van der Waals surface area contributed by atoms with Crippen LogP contribution in [0.1, 0.15) is 31.4 Å². The molecular weight excluding hydrogens is 268 g/mol. The van der Waals surface area contributed by atoms with Gasteiger partial charge in [-0.15, -0.1) is 0 Å². The van der Waals surface area contributed by atoms with Gasteiger partial charge in [-0.1, -0.05) is 18.2 Å². The molecule has 0 aromatic heterocycles. The lowest BCUT2D eigenvalue weighted by atomic mass is 10.1. The van der Waals surface area contributed by atoms with E-state index in [0.717, 1.165) is 11.1 Å². The first-order valence-corrected chi connectivity index (χ1v) is 7.18. The molecule has 0 fully saturated rings. The third-order valence-corrected chi connectivity index (χ3v) is 2.98. The number of para-hydroxylation sites is 1. The lowest BCUT2D eigenvalue weighted by Crippen LogP contribution is -2.36. The number of amides is 2. The molecule has 0 aliphatic heterocycles. The Bertz CT molecular complexity index is 478. The zero-order valence-electron chi connectivity index (χ0n) is 13.2. The minimum absolute atomic E-state index is 0.174. The average molecular weight is 292 g/mol. The van der Waals surface area contributed by atoms with Crippen LogP contribution in [0.25, 0.3) is 0 Å². The molecule has 116 valence electrons. The smallest absolute Gasteiger partial charge is 0.313 e. The van der Waals surface area contributed by atoms with Crippen LogP contribution in [-0.4, -0.2) is 31.1 Å². The van der Waals surface area contributed by atoms with Crippen LogP contribution in [0.3, 0.4) is 0 Å². The molecule has 1 aromatic rings. The summed E-state index contributed by atoms with van der Waals surface area (Å²) in [5.74, 6) is -1.26. The highest BCUT2D eigenvalue weighted by atomic mass is 16.5. The van der Waals surface area contributed by atoms with Gasteiger partial charge in [0.1, 0.15) is 0 Å². The summed E-state index contributed by atoms with van der Waals surface area (Å²) in [7, 11) is 0. The summed E-state index contributed by atoms with van der Waals surface area (Å²) >= 11 is 0. The maximum absolute atomic E-state index is 11.8. The summed E-state index contributed by atoms with van der Waals surface area (Å²) in [5.41, 5.74) is 2.56. The third-order valence-electron chi connectivity index (χ3n) is 2.98. The highest BCUT2D eigenvalue weighted by Gasteiger charge is 2.15. The van der Waals surface area contributed by atoms with E-state index in [9.17, 15) is 9.59 Å². The zero-order valence-corrected chi connectivity index (χ0v) is 13.2. The summed E-state index contributed by atoms with van der Waals surface area (Å²) < 4.78 is 5.36. The number of rotatable bonds is 6. The lowest BCUT2D eigenvalue weighted by Gasteiger charge is -2.11. The largest absolute Gasteiger partial charge is 0.379 e. The van der Waals surface area contributed by atoms with Gasteiger partial charge in [0.05, 0.1) is 6.10 Å². The van der Waals surface area contributed by atoms with E-state index in [0.29, 0.717) is 25.3 Å². The van der Waals surface area contributed by atoms with Crippen molar-refractivity contribution in [2.75, 3.05) is 18.5 Å². The van der Waals surface area contributed by atoms with Crippen LogP contribution < -0.4 is 10.6 Å². The van der Waals surface area contributed by atoms with Gasteiger partial charge in [0.15, 0.2) is 0 Å². The number of hydrogen-bond donors (Lipinski definition) is 2. The maximum Gasteiger partial charge on any atom is 0.313 e. The van der Waals surface area contributed by atoms with Gasteiger partial charge in [-0.25, -0.2) is 0 Å². The Kier molecular flexibility index (Phi) is 6.88. The van der Waals surface area contributed by atoms with Crippen molar-refractivity contribution in [1.82, 2.24) is 5.32 Å². The van der Waals surface area contributed by atoms with Crippen molar-refractivity contribution in [3.63, 3.8) is 0 Å². The van der Waals surface area contributed by atoms with Crippen LogP contribution in [0, 0.1) is 13.8 Å². The molecule has 0 saturated heterocycles. The number of aryl methyl sites for hydroxylation is 2. The summed E-state index contributed by atoms with van der Waals surface area (Å²) in [4.78, 5) is 23.5. The fourth-order valence-corrected chi connectivity index (χ4v) is 1.86. The molecule has 2 amide bonds. The molecule has 2 N–H and O–H groups in total. The van der Waals surface area contributed by atoms with E-state index in [1.807, 2.05) is 45.9 Å². The zero-order chi connectivity index (χ0) is 15.8. The number of ether oxygens (including phenoxy) is 1. The summed E-state index contributed by atoms with van der Waals surface area (Å²) in [6.45, 7) is 8.68. The number of carbonyl (C=O) groups is 2. The molecule has 0 saturated carbocycles. The maximum atomic E-state index is 11.8. The monoisotopic (exact) mass is 292 g/mol. The number of hydrogen-bond acceptors (Lipinski definition) is 3. The van der Waals surface area contributed by atoms with Crippen LogP contribution >= 0.6 is 0 Å². The molecule has 5 heteroatoms. The standard InChI is InChI=1S/C16H24N2O3/c1-11(2)21-10-6-9-17-15(19)16(20)18-14-12(3)7-5-8-13(14)4/h5,7-8,11H,6,9-10H2,1-4H3,(H,17,19)(H,18,20). The van der Waals surface area contributed by atoms with Crippen molar-refractivity contribution in [2.24, 2.45) is 0 Å². The van der Waals surface area contributed by atoms with Gasteiger partial charge < -0.3 is 15.4 Å². The topological polar surface area (TPSA) is 67.4 Å². The Balaban J connectivity index is 2.40. The van der Waals surface area contributed by atoms with Crippen LogP contribution in [-0.2, 0) is 14.3 Å². The molecule has 0 aliphatic carbocycles. The van der Waals surface area contributed by atoms with E-state index in [-0.39, 0.29) is 6.10 Å². The molecule has 0 heterocycles. The number of nitrogens with one attached hydrogen (secondary N) is 2. The van der Waals surface area contributed by atoms with Crippen molar-refractivity contribution in [2.45, 2.75) is 40.2 Å². The van der Waals surface area contributed by atoms with Crippen LogP contribution in [0.2, 0.25) is 0 Å². The molecule has 0 radical (unpaired) electrons. The third kappa shape index (κ3) is 5.95. The number of benzene rings is 1. The van der Waals surface area contributed by atoms with Crippen molar-refractivity contribution in [1.29, 1.82) is 0 Å². The molecule has 0 atom stereocenters. The first-order chi connectivity index (χ1) is 9.91. The van der Waals surface area contributed by atoms with Gasteiger partial charge in [0, 0.05) is 18.8 Å². The lowest BCUT2D eigenvalue weighted by molar-refractivity contribution is -0.136. The second kappa shape index (κ2) is 8.42. The van der Waals surface area contributed by atoms with E-state index >= 15 is 0 Å². The van der Waals surface area contributed by atoms with E-state index in [2.05, 4.69) is 10.6 Å². The molecule has 0 aliphatic rings. The van der Waals surface area contributed by atoms with Gasteiger partial charge in [-0.2, -0.15) is 0 Å². The molecule has 5 nitrogen and oxygen atoms in total. The molecule has 0 unspecified atom stereocenters. The van der Waals surface area contributed by atoms with E-state index in [1.165, 1.54) is 0 Å². The highest BCUT2D eigenvalue weighted by molar-refractivity contribution is 6.39. The predicted molar refractivity (Wildman–Crippen MR) is 83.3 cm³/mol.